The highest BCUT2D eigenvalue weighted by molar-refractivity contribution is 5.49. The van der Waals surface area contributed by atoms with E-state index in [4.69, 9.17) is 9.47 Å². The molecular weight excluding hydrogens is 356 g/mol. The van der Waals surface area contributed by atoms with Crippen molar-refractivity contribution in [2.24, 2.45) is 0 Å². The first-order valence-electron chi connectivity index (χ1n) is 10.2. The van der Waals surface area contributed by atoms with Crippen LogP contribution in [0.3, 0.4) is 0 Å². The average Bonchev–Trinajstić information content (AvgIpc) is 2.60. The van der Waals surface area contributed by atoms with Gasteiger partial charge in [-0.25, -0.2) is 0 Å². The number of nitrogens with one attached hydrogen (secondary N) is 2. The summed E-state index contributed by atoms with van der Waals surface area (Å²) in [6.07, 6.45) is -1.24. The predicted octanol–water partition coefficient (Wildman–Crippen LogP) is 2.46. The van der Waals surface area contributed by atoms with Crippen molar-refractivity contribution in [2.75, 3.05) is 26.3 Å². The molecule has 0 aromatic heterocycles. The Balaban J connectivity index is 2.85. The number of hydrogen-bond acceptors (Lipinski definition) is 6. The molecule has 1 aromatic carbocycles. The highest BCUT2D eigenvalue weighted by atomic mass is 16.5. The first kappa shape index (κ1) is 24.7. The maximum atomic E-state index is 10.2. The fourth-order valence-electron chi connectivity index (χ4n) is 2.60. The van der Waals surface area contributed by atoms with Crippen LogP contribution in [0.4, 0.5) is 0 Å². The van der Waals surface area contributed by atoms with Crippen LogP contribution in [-0.2, 0) is 5.41 Å². The van der Waals surface area contributed by atoms with Gasteiger partial charge in [-0.15, -0.1) is 0 Å². The highest BCUT2D eigenvalue weighted by Gasteiger charge is 2.23. The lowest BCUT2D eigenvalue weighted by atomic mass is 9.86. The summed E-state index contributed by atoms with van der Waals surface area (Å²) in [5.74, 6) is 1.21. The molecule has 1 aromatic rings. The Bertz CT molecular complexity index is 570. The molecule has 2 unspecified atom stereocenters. The molecule has 0 spiro atoms. The summed E-state index contributed by atoms with van der Waals surface area (Å²) < 4.78 is 11.9. The molecule has 1 rings (SSSR count). The Morgan fingerprint density at radius 2 is 1.36 bits per heavy atom. The Morgan fingerprint density at radius 3 is 1.82 bits per heavy atom. The van der Waals surface area contributed by atoms with E-state index in [2.05, 4.69) is 31.4 Å². The number of aliphatic hydroxyl groups excluding tert-OH is 2. The van der Waals surface area contributed by atoms with Crippen molar-refractivity contribution in [2.45, 2.75) is 78.2 Å². The van der Waals surface area contributed by atoms with Crippen molar-refractivity contribution in [1.82, 2.24) is 10.6 Å². The summed E-state index contributed by atoms with van der Waals surface area (Å²) >= 11 is 0. The second kappa shape index (κ2) is 11.6. The van der Waals surface area contributed by atoms with E-state index in [1.807, 2.05) is 45.9 Å². The van der Waals surface area contributed by atoms with Gasteiger partial charge in [0.2, 0.25) is 0 Å². The maximum Gasteiger partial charge on any atom is 0.165 e. The molecule has 0 amide bonds. The minimum Gasteiger partial charge on any atom is -0.487 e. The molecule has 2 atom stereocenters. The minimum absolute atomic E-state index is 0.145. The quantitative estimate of drug-likeness (QED) is 0.434. The Morgan fingerprint density at radius 1 is 0.857 bits per heavy atom. The number of benzene rings is 1. The molecular formula is C22H40N2O4. The number of hydrogen-bond donors (Lipinski definition) is 4. The third-order valence-corrected chi connectivity index (χ3v) is 4.16. The predicted molar refractivity (Wildman–Crippen MR) is 114 cm³/mol. The largest absolute Gasteiger partial charge is 0.487 e. The fourth-order valence-corrected chi connectivity index (χ4v) is 2.60. The Labute approximate surface area is 170 Å². The zero-order valence-electron chi connectivity index (χ0n) is 18.6. The minimum atomic E-state index is -0.621. The molecule has 0 radical (unpaired) electrons. The molecule has 0 fully saturated rings. The van der Waals surface area contributed by atoms with E-state index in [1.54, 1.807) is 0 Å². The summed E-state index contributed by atoms with van der Waals surface area (Å²) in [6, 6.07) is 6.39. The highest BCUT2D eigenvalue weighted by Crippen LogP contribution is 2.38. The van der Waals surface area contributed by atoms with Gasteiger partial charge in [0.25, 0.3) is 0 Å². The van der Waals surface area contributed by atoms with Gasteiger partial charge in [-0.05, 0) is 11.5 Å². The van der Waals surface area contributed by atoms with E-state index in [0.717, 1.165) is 5.56 Å². The van der Waals surface area contributed by atoms with Crippen molar-refractivity contribution in [1.29, 1.82) is 0 Å². The molecule has 0 heterocycles. The number of para-hydroxylation sites is 1. The molecule has 162 valence electrons. The molecule has 0 saturated heterocycles. The number of rotatable bonds is 12. The second-order valence-electron chi connectivity index (χ2n) is 8.94. The van der Waals surface area contributed by atoms with Crippen molar-refractivity contribution in [3.63, 3.8) is 0 Å². The van der Waals surface area contributed by atoms with Crippen LogP contribution in [0.15, 0.2) is 18.2 Å². The van der Waals surface area contributed by atoms with Gasteiger partial charge < -0.3 is 30.3 Å². The number of ether oxygens (including phenoxy) is 2. The topological polar surface area (TPSA) is 83.0 Å². The molecule has 6 nitrogen and oxygen atoms in total. The van der Waals surface area contributed by atoms with Gasteiger partial charge >= 0.3 is 0 Å². The van der Waals surface area contributed by atoms with E-state index in [-0.39, 0.29) is 18.6 Å². The van der Waals surface area contributed by atoms with Gasteiger partial charge in [-0.3, -0.25) is 0 Å². The Hall–Kier alpha value is -1.34. The third kappa shape index (κ3) is 9.24. The van der Waals surface area contributed by atoms with Crippen molar-refractivity contribution in [3.8, 4) is 11.5 Å². The summed E-state index contributed by atoms with van der Waals surface area (Å²) in [4.78, 5) is 0. The molecule has 6 heteroatoms. The van der Waals surface area contributed by atoms with Crippen LogP contribution in [0.5, 0.6) is 11.5 Å². The van der Waals surface area contributed by atoms with Gasteiger partial charge in [0.05, 0.1) is 0 Å². The van der Waals surface area contributed by atoms with Crippen LogP contribution in [0.25, 0.3) is 0 Å². The smallest absolute Gasteiger partial charge is 0.165 e. The zero-order chi connectivity index (χ0) is 21.3. The number of aliphatic hydroxyl groups is 2. The van der Waals surface area contributed by atoms with Crippen molar-refractivity contribution >= 4 is 0 Å². The van der Waals surface area contributed by atoms with Gasteiger partial charge in [-0.2, -0.15) is 0 Å². The summed E-state index contributed by atoms with van der Waals surface area (Å²) in [6.45, 7) is 15.7. The fraction of sp³-hybridized carbons (Fsp3) is 0.727. The van der Waals surface area contributed by atoms with E-state index < -0.39 is 12.2 Å². The van der Waals surface area contributed by atoms with Gasteiger partial charge in [0, 0.05) is 30.7 Å². The summed E-state index contributed by atoms with van der Waals surface area (Å²) in [7, 11) is 0. The molecule has 0 aliphatic rings. The molecule has 0 bridgehead atoms. The van der Waals surface area contributed by atoms with Crippen LogP contribution in [0, 0.1) is 0 Å². The van der Waals surface area contributed by atoms with E-state index >= 15 is 0 Å². The third-order valence-electron chi connectivity index (χ3n) is 4.16. The van der Waals surface area contributed by atoms with E-state index in [9.17, 15) is 10.2 Å². The summed E-state index contributed by atoms with van der Waals surface area (Å²) in [5, 5.41) is 26.7. The van der Waals surface area contributed by atoms with Gasteiger partial charge in [-0.1, -0.05) is 60.6 Å². The lowest BCUT2D eigenvalue weighted by Crippen LogP contribution is -2.36. The lowest BCUT2D eigenvalue weighted by molar-refractivity contribution is 0.0900. The SMILES string of the molecule is CC(C)NCC(O)COc1cccc(C(C)(C)C)c1OCC(O)CNC(C)C. The van der Waals surface area contributed by atoms with Crippen LogP contribution in [-0.4, -0.2) is 60.8 Å². The molecule has 4 N–H and O–H groups in total. The first-order valence-corrected chi connectivity index (χ1v) is 10.2. The molecule has 0 saturated carbocycles. The monoisotopic (exact) mass is 396 g/mol. The van der Waals surface area contributed by atoms with E-state index in [1.165, 1.54) is 0 Å². The molecule has 28 heavy (non-hydrogen) atoms. The normalized spacial score (nSPS) is 14.4. The summed E-state index contributed by atoms with van der Waals surface area (Å²) in [5.41, 5.74) is 0.858. The molecule has 0 aliphatic carbocycles. The van der Waals surface area contributed by atoms with E-state index in [0.29, 0.717) is 36.7 Å². The second-order valence-corrected chi connectivity index (χ2v) is 8.94. The van der Waals surface area contributed by atoms with Crippen LogP contribution in [0.2, 0.25) is 0 Å². The van der Waals surface area contributed by atoms with Crippen molar-refractivity contribution < 1.29 is 19.7 Å². The molecule has 0 aliphatic heterocycles. The van der Waals surface area contributed by atoms with Crippen LogP contribution < -0.4 is 20.1 Å². The van der Waals surface area contributed by atoms with Crippen LogP contribution in [0.1, 0.15) is 54.0 Å². The van der Waals surface area contributed by atoms with Gasteiger partial charge in [0.15, 0.2) is 11.5 Å². The average molecular weight is 397 g/mol. The standard InChI is InChI=1S/C22H40N2O4/c1-15(2)23-11-17(25)13-27-20-10-8-9-19(22(5,6)7)21(20)28-14-18(26)12-24-16(3)4/h8-10,15-18,23-26H,11-14H2,1-7H3. The van der Waals surface area contributed by atoms with Gasteiger partial charge in [0.1, 0.15) is 25.4 Å². The van der Waals surface area contributed by atoms with Crippen LogP contribution >= 0.6 is 0 Å². The zero-order valence-corrected chi connectivity index (χ0v) is 18.6. The lowest BCUT2D eigenvalue weighted by Gasteiger charge is -2.26. The Kier molecular flexibility index (Phi) is 10.2. The maximum absolute atomic E-state index is 10.2. The van der Waals surface area contributed by atoms with Crippen molar-refractivity contribution in [3.05, 3.63) is 23.8 Å². The first-order chi connectivity index (χ1) is 13.0.